The maximum atomic E-state index is 9.65. The lowest BCUT2D eigenvalue weighted by molar-refractivity contribution is 0.275. The van der Waals surface area contributed by atoms with Crippen molar-refractivity contribution in [3.05, 3.63) is 22.7 Å². The predicted molar refractivity (Wildman–Crippen MR) is 78.2 cm³/mol. The highest BCUT2D eigenvalue weighted by Crippen LogP contribution is 2.26. The zero-order valence-electron chi connectivity index (χ0n) is 9.20. The van der Waals surface area contributed by atoms with Crippen molar-refractivity contribution < 1.29 is 9.68 Å². The summed E-state index contributed by atoms with van der Waals surface area (Å²) in [6.07, 6.45) is 0. The van der Waals surface area contributed by atoms with E-state index in [1.165, 1.54) is 11.8 Å². The average Bonchev–Trinajstić information content (AvgIpc) is 2.65. The van der Waals surface area contributed by atoms with E-state index >= 15 is 0 Å². The number of thiocarbonyl (C=S) groups is 1. The Labute approximate surface area is 115 Å². The number of anilines is 1. The molecule has 1 heterocycles. The van der Waals surface area contributed by atoms with Crippen LogP contribution in [0, 0.1) is 0 Å². The third-order valence-corrected chi connectivity index (χ3v) is 3.94. The van der Waals surface area contributed by atoms with Gasteiger partial charge in [0.05, 0.1) is 17.3 Å². The first-order valence-corrected chi connectivity index (χ1v) is 6.95. The number of benzene rings is 1. The zero-order chi connectivity index (χ0) is 12.4. The lowest BCUT2D eigenvalue weighted by Crippen LogP contribution is -2.29. The van der Waals surface area contributed by atoms with Gasteiger partial charge in [-0.2, -0.15) is 0 Å². The summed E-state index contributed by atoms with van der Waals surface area (Å²) in [6.45, 7) is 2.42. The molecule has 1 aromatic carbocycles. The van der Waals surface area contributed by atoms with Crippen molar-refractivity contribution in [3.8, 4) is 0 Å². The first-order valence-electron chi connectivity index (χ1n) is 5.18. The molecule has 2 N–H and O–H groups in total. The van der Waals surface area contributed by atoms with Crippen LogP contribution in [0.15, 0.2) is 12.1 Å². The van der Waals surface area contributed by atoms with E-state index in [9.17, 15) is 5.02 Å². The highest BCUT2D eigenvalue weighted by Gasteiger charge is 2.31. The van der Waals surface area contributed by atoms with Gasteiger partial charge in [0.2, 0.25) is 0 Å². The van der Waals surface area contributed by atoms with Crippen molar-refractivity contribution in [2.24, 2.45) is 0 Å². The molecule has 1 aliphatic rings. The van der Waals surface area contributed by atoms with Gasteiger partial charge in [0.1, 0.15) is 4.32 Å². The summed E-state index contributed by atoms with van der Waals surface area (Å²) in [5, 5.41) is 13.2. The van der Waals surface area contributed by atoms with Crippen molar-refractivity contribution in [1.29, 1.82) is 0 Å². The standard InChI is InChI=1S/C10H11BClNO2S2/c1-2-17-10(16)13-7-4-3-6-5-15-11(14)8(6)9(7)12/h3-4,14H,2,5H2,1H3,(H,13,16). The van der Waals surface area contributed by atoms with E-state index in [0.717, 1.165) is 11.3 Å². The van der Waals surface area contributed by atoms with Crippen LogP contribution >= 0.6 is 35.6 Å². The molecule has 0 saturated carbocycles. The number of rotatable bonds is 2. The molecule has 0 fully saturated rings. The molecule has 17 heavy (non-hydrogen) atoms. The van der Waals surface area contributed by atoms with Crippen LogP contribution in [-0.2, 0) is 11.3 Å². The molecule has 0 radical (unpaired) electrons. The van der Waals surface area contributed by atoms with Crippen LogP contribution in [-0.4, -0.2) is 22.2 Å². The van der Waals surface area contributed by atoms with E-state index in [1.807, 2.05) is 19.1 Å². The molecule has 0 aliphatic carbocycles. The fraction of sp³-hybridized carbons (Fsp3) is 0.300. The maximum Gasteiger partial charge on any atom is 0.493 e. The topological polar surface area (TPSA) is 41.5 Å². The van der Waals surface area contributed by atoms with E-state index in [2.05, 4.69) is 5.32 Å². The van der Waals surface area contributed by atoms with Crippen LogP contribution in [0.5, 0.6) is 0 Å². The van der Waals surface area contributed by atoms with Crippen molar-refractivity contribution in [2.75, 3.05) is 11.1 Å². The molecule has 0 atom stereocenters. The van der Waals surface area contributed by atoms with Gasteiger partial charge in [-0.05, 0) is 17.4 Å². The molecule has 0 bridgehead atoms. The van der Waals surface area contributed by atoms with Gasteiger partial charge in [0, 0.05) is 5.46 Å². The van der Waals surface area contributed by atoms with E-state index in [1.54, 1.807) is 0 Å². The van der Waals surface area contributed by atoms with Crippen LogP contribution < -0.4 is 10.8 Å². The fourth-order valence-electron chi connectivity index (χ4n) is 1.65. The van der Waals surface area contributed by atoms with Gasteiger partial charge >= 0.3 is 7.12 Å². The molecule has 0 amide bonds. The van der Waals surface area contributed by atoms with E-state index in [0.29, 0.717) is 27.1 Å². The Balaban J connectivity index is 2.25. The lowest BCUT2D eigenvalue weighted by atomic mass is 9.79. The van der Waals surface area contributed by atoms with Gasteiger partial charge in [0.25, 0.3) is 0 Å². The minimum Gasteiger partial charge on any atom is -0.423 e. The second-order valence-electron chi connectivity index (χ2n) is 3.51. The molecule has 3 nitrogen and oxygen atoms in total. The molecule has 2 rings (SSSR count). The zero-order valence-corrected chi connectivity index (χ0v) is 11.6. The molecule has 90 valence electrons. The lowest BCUT2D eigenvalue weighted by Gasteiger charge is -2.11. The van der Waals surface area contributed by atoms with Crippen molar-refractivity contribution in [2.45, 2.75) is 13.5 Å². The van der Waals surface area contributed by atoms with Gasteiger partial charge in [-0.1, -0.05) is 48.6 Å². The second kappa shape index (κ2) is 5.58. The van der Waals surface area contributed by atoms with E-state index in [4.69, 9.17) is 28.5 Å². The Morgan fingerprint density at radius 1 is 1.71 bits per heavy atom. The largest absolute Gasteiger partial charge is 0.493 e. The monoisotopic (exact) mass is 287 g/mol. The Kier molecular flexibility index (Phi) is 4.33. The van der Waals surface area contributed by atoms with Crippen LogP contribution in [0.25, 0.3) is 0 Å². The Hall–Kier alpha value is -0.265. The van der Waals surface area contributed by atoms with Crippen molar-refractivity contribution in [3.63, 3.8) is 0 Å². The summed E-state index contributed by atoms with van der Waals surface area (Å²) >= 11 is 12.9. The Morgan fingerprint density at radius 3 is 3.18 bits per heavy atom. The van der Waals surface area contributed by atoms with Gasteiger partial charge in [-0.25, -0.2) is 0 Å². The van der Waals surface area contributed by atoms with Gasteiger partial charge in [-0.3, -0.25) is 0 Å². The summed E-state index contributed by atoms with van der Waals surface area (Å²) < 4.78 is 5.79. The van der Waals surface area contributed by atoms with Crippen LogP contribution in [0.3, 0.4) is 0 Å². The highest BCUT2D eigenvalue weighted by molar-refractivity contribution is 8.23. The summed E-state index contributed by atoms with van der Waals surface area (Å²) in [5.41, 5.74) is 2.27. The SMILES string of the molecule is CCSC(=S)Nc1ccc2c(c1Cl)B(O)OC2. The predicted octanol–water partition coefficient (Wildman–Crippen LogP) is 2.01. The molecule has 7 heteroatoms. The quantitative estimate of drug-likeness (QED) is 0.643. The summed E-state index contributed by atoms with van der Waals surface area (Å²) in [5.74, 6) is 0.903. The number of thioether (sulfide) groups is 1. The average molecular weight is 288 g/mol. The third-order valence-electron chi connectivity index (χ3n) is 2.43. The minimum absolute atomic E-state index is 0.394. The highest BCUT2D eigenvalue weighted by atomic mass is 35.5. The van der Waals surface area contributed by atoms with E-state index in [-0.39, 0.29) is 0 Å². The van der Waals surface area contributed by atoms with Gasteiger partial charge in [-0.15, -0.1) is 0 Å². The van der Waals surface area contributed by atoms with Crippen molar-refractivity contribution >= 4 is 58.2 Å². The summed E-state index contributed by atoms with van der Waals surface area (Å²) in [4.78, 5) is 0. The normalized spacial score (nSPS) is 13.7. The molecule has 0 unspecified atom stereocenters. The summed E-state index contributed by atoms with van der Waals surface area (Å²) in [7, 11) is -0.938. The number of fused-ring (bicyclic) bond motifs is 1. The molecule has 0 aromatic heterocycles. The first-order chi connectivity index (χ1) is 8.13. The maximum absolute atomic E-state index is 9.65. The molecule has 0 saturated heterocycles. The van der Waals surface area contributed by atoms with Gasteiger partial charge in [0.15, 0.2) is 0 Å². The molecular weight excluding hydrogens is 277 g/mol. The van der Waals surface area contributed by atoms with Crippen LogP contribution in [0.1, 0.15) is 12.5 Å². The second-order valence-corrected chi connectivity index (χ2v) is 5.83. The van der Waals surface area contributed by atoms with Crippen LogP contribution in [0.2, 0.25) is 5.02 Å². The minimum atomic E-state index is -0.938. The number of hydrogen-bond donors (Lipinski definition) is 2. The Bertz CT molecular complexity index is 458. The summed E-state index contributed by atoms with van der Waals surface area (Å²) in [6, 6.07) is 3.74. The Morgan fingerprint density at radius 2 is 2.47 bits per heavy atom. The molecule has 1 aliphatic heterocycles. The smallest absolute Gasteiger partial charge is 0.423 e. The third kappa shape index (κ3) is 2.77. The molecule has 1 aromatic rings. The number of halogens is 1. The number of nitrogens with one attached hydrogen (secondary N) is 1. The first kappa shape index (κ1) is 13.2. The number of hydrogen-bond acceptors (Lipinski definition) is 4. The fourth-order valence-corrected chi connectivity index (χ4v) is 2.88. The molecule has 0 spiro atoms. The van der Waals surface area contributed by atoms with Crippen molar-refractivity contribution in [1.82, 2.24) is 0 Å². The molecular formula is C10H11BClNO2S2. The van der Waals surface area contributed by atoms with Crippen LogP contribution in [0.4, 0.5) is 5.69 Å². The van der Waals surface area contributed by atoms with Gasteiger partial charge < -0.3 is 15.0 Å². The van der Waals surface area contributed by atoms with E-state index < -0.39 is 7.12 Å².